The van der Waals surface area contributed by atoms with E-state index in [4.69, 9.17) is 17.3 Å². The molecule has 0 aromatic heterocycles. The van der Waals surface area contributed by atoms with Crippen LogP contribution in [-0.4, -0.2) is 6.54 Å². The van der Waals surface area contributed by atoms with Crippen LogP contribution in [0.25, 0.3) is 0 Å². The number of hydrogen-bond acceptors (Lipinski definition) is 1. The van der Waals surface area contributed by atoms with Gasteiger partial charge in [0.05, 0.1) is 0 Å². The summed E-state index contributed by atoms with van der Waals surface area (Å²) in [6, 6.07) is 2.11. The van der Waals surface area contributed by atoms with Crippen molar-refractivity contribution in [2.24, 2.45) is 5.73 Å². The molecule has 0 aliphatic carbocycles. The summed E-state index contributed by atoms with van der Waals surface area (Å²) in [7, 11) is 0. The second kappa shape index (κ2) is 4.53. The van der Waals surface area contributed by atoms with Crippen LogP contribution in [0.2, 0.25) is 5.02 Å². The SMILES string of the molecule is NCCCc1cc(F)c(F)cc1Cl. The fraction of sp³-hybridized carbons (Fsp3) is 0.333. The van der Waals surface area contributed by atoms with Gasteiger partial charge in [0.1, 0.15) is 0 Å². The van der Waals surface area contributed by atoms with Crippen molar-refractivity contribution in [1.29, 1.82) is 0 Å². The molecule has 0 radical (unpaired) electrons. The topological polar surface area (TPSA) is 26.0 Å². The molecule has 72 valence electrons. The van der Waals surface area contributed by atoms with E-state index in [2.05, 4.69) is 0 Å². The van der Waals surface area contributed by atoms with Gasteiger partial charge in [-0.1, -0.05) is 11.6 Å². The lowest BCUT2D eigenvalue weighted by atomic mass is 10.1. The first-order valence-corrected chi connectivity index (χ1v) is 4.36. The van der Waals surface area contributed by atoms with E-state index in [1.165, 1.54) is 0 Å². The Morgan fingerprint density at radius 3 is 2.46 bits per heavy atom. The molecule has 0 spiro atoms. The Kier molecular flexibility index (Phi) is 3.63. The predicted octanol–water partition coefficient (Wildman–Crippen LogP) is 2.51. The maximum atomic E-state index is 12.7. The second-order valence-electron chi connectivity index (χ2n) is 2.75. The summed E-state index contributed by atoms with van der Waals surface area (Å²) in [6.45, 7) is 0.509. The van der Waals surface area contributed by atoms with Crippen LogP contribution in [-0.2, 0) is 6.42 Å². The van der Waals surface area contributed by atoms with Crippen molar-refractivity contribution in [3.8, 4) is 0 Å². The Morgan fingerprint density at radius 1 is 1.23 bits per heavy atom. The summed E-state index contributed by atoms with van der Waals surface area (Å²) in [5.74, 6) is -1.78. The normalized spacial score (nSPS) is 10.5. The lowest BCUT2D eigenvalue weighted by Crippen LogP contribution is -2.01. The minimum atomic E-state index is -0.915. The highest BCUT2D eigenvalue weighted by atomic mass is 35.5. The van der Waals surface area contributed by atoms with E-state index in [0.717, 1.165) is 12.1 Å². The Labute approximate surface area is 80.5 Å². The number of hydrogen-bond donors (Lipinski definition) is 1. The zero-order valence-corrected chi connectivity index (χ0v) is 7.74. The van der Waals surface area contributed by atoms with E-state index < -0.39 is 11.6 Å². The quantitative estimate of drug-likeness (QED) is 0.754. The monoisotopic (exact) mass is 205 g/mol. The third-order valence-corrected chi connectivity index (χ3v) is 2.09. The van der Waals surface area contributed by atoms with Crippen molar-refractivity contribution in [2.45, 2.75) is 12.8 Å². The van der Waals surface area contributed by atoms with Crippen molar-refractivity contribution in [2.75, 3.05) is 6.54 Å². The van der Waals surface area contributed by atoms with Crippen LogP contribution in [0, 0.1) is 11.6 Å². The number of halogens is 3. The number of benzene rings is 1. The van der Waals surface area contributed by atoms with E-state index in [9.17, 15) is 8.78 Å². The van der Waals surface area contributed by atoms with Gasteiger partial charge in [-0.3, -0.25) is 0 Å². The van der Waals surface area contributed by atoms with Gasteiger partial charge in [-0.25, -0.2) is 8.78 Å². The van der Waals surface area contributed by atoms with Crippen LogP contribution < -0.4 is 5.73 Å². The van der Waals surface area contributed by atoms with Crippen LogP contribution in [0.3, 0.4) is 0 Å². The molecule has 1 nitrogen and oxygen atoms in total. The summed E-state index contributed by atoms with van der Waals surface area (Å²) in [6.07, 6.45) is 1.29. The molecule has 4 heteroatoms. The molecule has 0 amide bonds. The predicted molar refractivity (Wildman–Crippen MR) is 48.7 cm³/mol. The lowest BCUT2D eigenvalue weighted by Gasteiger charge is -2.03. The highest BCUT2D eigenvalue weighted by Gasteiger charge is 2.07. The van der Waals surface area contributed by atoms with Crippen LogP contribution >= 0.6 is 11.6 Å². The zero-order chi connectivity index (χ0) is 9.84. The molecular weight excluding hydrogens is 196 g/mol. The summed E-state index contributed by atoms with van der Waals surface area (Å²) >= 11 is 5.69. The fourth-order valence-corrected chi connectivity index (χ4v) is 1.29. The van der Waals surface area contributed by atoms with Crippen LogP contribution in [0.4, 0.5) is 8.78 Å². The minimum Gasteiger partial charge on any atom is -0.330 e. The van der Waals surface area contributed by atoms with Gasteiger partial charge in [-0.2, -0.15) is 0 Å². The Morgan fingerprint density at radius 2 is 1.85 bits per heavy atom. The van der Waals surface area contributed by atoms with E-state index in [1.54, 1.807) is 0 Å². The molecule has 0 bridgehead atoms. The first-order valence-electron chi connectivity index (χ1n) is 3.98. The van der Waals surface area contributed by atoms with Gasteiger partial charge < -0.3 is 5.73 Å². The van der Waals surface area contributed by atoms with Gasteiger partial charge in [0.15, 0.2) is 11.6 Å². The third-order valence-electron chi connectivity index (χ3n) is 1.74. The molecule has 0 unspecified atom stereocenters. The highest BCUT2D eigenvalue weighted by molar-refractivity contribution is 6.31. The van der Waals surface area contributed by atoms with E-state index in [0.29, 0.717) is 24.9 Å². The Hall–Kier alpha value is -0.670. The van der Waals surface area contributed by atoms with E-state index >= 15 is 0 Å². The second-order valence-corrected chi connectivity index (χ2v) is 3.16. The molecule has 0 heterocycles. The molecule has 0 atom stereocenters. The highest BCUT2D eigenvalue weighted by Crippen LogP contribution is 2.20. The Balaban J connectivity index is 2.88. The largest absolute Gasteiger partial charge is 0.330 e. The summed E-state index contributed by atoms with van der Waals surface area (Å²) < 4.78 is 25.3. The van der Waals surface area contributed by atoms with Crippen molar-refractivity contribution in [3.63, 3.8) is 0 Å². The van der Waals surface area contributed by atoms with Gasteiger partial charge in [0.2, 0.25) is 0 Å². The van der Waals surface area contributed by atoms with Gasteiger partial charge in [0, 0.05) is 5.02 Å². The molecule has 0 aliphatic heterocycles. The van der Waals surface area contributed by atoms with Crippen LogP contribution in [0.15, 0.2) is 12.1 Å². The molecule has 0 saturated carbocycles. The smallest absolute Gasteiger partial charge is 0.160 e. The maximum Gasteiger partial charge on any atom is 0.160 e. The van der Waals surface area contributed by atoms with Crippen molar-refractivity contribution in [1.82, 2.24) is 0 Å². The molecule has 0 aliphatic rings. The number of aryl methyl sites for hydroxylation is 1. The molecule has 0 saturated heterocycles. The minimum absolute atomic E-state index is 0.257. The lowest BCUT2D eigenvalue weighted by molar-refractivity contribution is 0.507. The maximum absolute atomic E-state index is 12.7. The van der Waals surface area contributed by atoms with E-state index in [-0.39, 0.29) is 5.02 Å². The molecular formula is C9H10ClF2N. The molecule has 1 rings (SSSR count). The van der Waals surface area contributed by atoms with E-state index in [1.807, 2.05) is 0 Å². The zero-order valence-electron chi connectivity index (χ0n) is 6.99. The van der Waals surface area contributed by atoms with Crippen molar-refractivity contribution < 1.29 is 8.78 Å². The molecule has 13 heavy (non-hydrogen) atoms. The average Bonchev–Trinajstić information content (AvgIpc) is 2.09. The third kappa shape index (κ3) is 2.64. The number of nitrogens with two attached hydrogens (primary N) is 1. The molecule has 1 aromatic rings. The first-order chi connectivity index (χ1) is 6.15. The van der Waals surface area contributed by atoms with Gasteiger partial charge >= 0.3 is 0 Å². The van der Waals surface area contributed by atoms with Gasteiger partial charge in [-0.15, -0.1) is 0 Å². The first kappa shape index (κ1) is 10.4. The molecule has 2 N–H and O–H groups in total. The number of rotatable bonds is 3. The van der Waals surface area contributed by atoms with Crippen LogP contribution in [0.1, 0.15) is 12.0 Å². The summed E-state index contributed by atoms with van der Waals surface area (Å²) in [5.41, 5.74) is 5.89. The van der Waals surface area contributed by atoms with Crippen molar-refractivity contribution >= 4 is 11.6 Å². The standard InChI is InChI=1S/C9H10ClF2N/c10-7-5-9(12)8(11)4-6(7)2-1-3-13/h4-5H,1-3,13H2. The average molecular weight is 206 g/mol. The fourth-order valence-electron chi connectivity index (χ4n) is 1.05. The van der Waals surface area contributed by atoms with Crippen LogP contribution in [0.5, 0.6) is 0 Å². The molecule has 1 aromatic carbocycles. The van der Waals surface area contributed by atoms with Gasteiger partial charge in [0.25, 0.3) is 0 Å². The Bertz CT molecular complexity index is 302. The summed E-state index contributed by atoms with van der Waals surface area (Å²) in [4.78, 5) is 0. The van der Waals surface area contributed by atoms with Crippen molar-refractivity contribution in [3.05, 3.63) is 34.4 Å². The molecule has 0 fully saturated rings. The van der Waals surface area contributed by atoms with Gasteiger partial charge in [-0.05, 0) is 37.1 Å². The summed E-state index contributed by atoms with van der Waals surface area (Å²) in [5, 5.41) is 0.257.